The summed E-state index contributed by atoms with van der Waals surface area (Å²) in [5.41, 5.74) is 3.11. The fourth-order valence-electron chi connectivity index (χ4n) is 4.19. The summed E-state index contributed by atoms with van der Waals surface area (Å²) < 4.78 is 0.949. The van der Waals surface area contributed by atoms with Crippen molar-refractivity contribution in [3.63, 3.8) is 0 Å². The predicted octanol–water partition coefficient (Wildman–Crippen LogP) is 4.13. The topological polar surface area (TPSA) is 68.4 Å². The molecule has 2 amide bonds. The number of nitrogens with one attached hydrogen (secondary N) is 1. The van der Waals surface area contributed by atoms with E-state index < -0.39 is 0 Å². The SMILES string of the molecule is O=C(N1CCC(c2cn[nH]c2)C1)N1CCN(c2ccc(Br)cn2)c2ccccc21. The molecule has 2 aromatic heterocycles. The van der Waals surface area contributed by atoms with Crippen molar-refractivity contribution in [1.29, 1.82) is 0 Å². The van der Waals surface area contributed by atoms with Gasteiger partial charge in [0.05, 0.1) is 17.6 Å². The number of urea groups is 1. The number of halogens is 1. The molecule has 1 saturated heterocycles. The number of pyridine rings is 1. The maximum Gasteiger partial charge on any atom is 0.324 e. The summed E-state index contributed by atoms with van der Waals surface area (Å²) in [5, 5.41) is 6.92. The van der Waals surface area contributed by atoms with E-state index >= 15 is 0 Å². The Hall–Kier alpha value is -2.87. The van der Waals surface area contributed by atoms with Crippen molar-refractivity contribution in [2.45, 2.75) is 12.3 Å². The van der Waals surface area contributed by atoms with Gasteiger partial charge >= 0.3 is 6.03 Å². The van der Waals surface area contributed by atoms with Gasteiger partial charge in [0.15, 0.2) is 0 Å². The number of carbonyl (C=O) groups is 1. The Morgan fingerprint density at radius 3 is 2.69 bits per heavy atom. The molecule has 2 aliphatic rings. The number of H-pyrrole nitrogens is 1. The summed E-state index contributed by atoms with van der Waals surface area (Å²) in [5.74, 6) is 1.23. The monoisotopic (exact) mass is 452 g/mol. The third kappa shape index (κ3) is 3.37. The molecule has 1 aromatic carbocycles. The lowest BCUT2D eigenvalue weighted by Gasteiger charge is -2.38. The first-order valence-corrected chi connectivity index (χ1v) is 10.5. The number of para-hydroxylation sites is 2. The van der Waals surface area contributed by atoms with Crippen LogP contribution in [0.5, 0.6) is 0 Å². The van der Waals surface area contributed by atoms with Crippen molar-refractivity contribution in [2.75, 3.05) is 36.0 Å². The minimum absolute atomic E-state index is 0.0758. The standard InChI is InChI=1S/C21H21BrN6O/c22-17-5-6-20(23-13-17)27-9-10-28(19-4-2-1-3-18(19)27)21(29)26-8-7-15(14-26)16-11-24-25-12-16/h1-6,11-13,15H,7-10,14H2,(H,24,25). The van der Waals surface area contributed by atoms with Crippen LogP contribution in [0.2, 0.25) is 0 Å². The number of amides is 2. The van der Waals surface area contributed by atoms with Gasteiger partial charge in [-0.15, -0.1) is 0 Å². The number of carbonyl (C=O) groups excluding carboxylic acids is 1. The molecule has 0 saturated carbocycles. The third-order valence-electron chi connectivity index (χ3n) is 5.68. The highest BCUT2D eigenvalue weighted by molar-refractivity contribution is 9.10. The molecule has 1 atom stereocenters. The van der Waals surface area contributed by atoms with Crippen LogP contribution in [0.4, 0.5) is 22.0 Å². The van der Waals surface area contributed by atoms with Gasteiger partial charge in [-0.05, 0) is 52.2 Å². The van der Waals surface area contributed by atoms with Crippen LogP contribution in [0.25, 0.3) is 0 Å². The first-order valence-electron chi connectivity index (χ1n) is 9.74. The first-order chi connectivity index (χ1) is 14.2. The van der Waals surface area contributed by atoms with Gasteiger partial charge in [-0.25, -0.2) is 9.78 Å². The van der Waals surface area contributed by atoms with Gasteiger partial charge in [0.25, 0.3) is 0 Å². The number of nitrogens with zero attached hydrogens (tertiary/aromatic N) is 5. The summed E-state index contributed by atoms with van der Waals surface area (Å²) in [4.78, 5) is 23.9. The molecule has 1 N–H and O–H groups in total. The molecule has 1 unspecified atom stereocenters. The molecule has 0 spiro atoms. The van der Waals surface area contributed by atoms with Crippen molar-refractivity contribution in [1.82, 2.24) is 20.1 Å². The summed E-state index contributed by atoms with van der Waals surface area (Å²) in [7, 11) is 0. The molecule has 5 rings (SSSR count). The van der Waals surface area contributed by atoms with Gasteiger partial charge in [0.2, 0.25) is 0 Å². The second kappa shape index (κ2) is 7.51. The van der Waals surface area contributed by atoms with Crippen molar-refractivity contribution in [3.8, 4) is 0 Å². The fourth-order valence-corrected chi connectivity index (χ4v) is 4.42. The Kier molecular flexibility index (Phi) is 4.71. The van der Waals surface area contributed by atoms with E-state index in [0.29, 0.717) is 19.0 Å². The lowest BCUT2D eigenvalue weighted by Crippen LogP contribution is -2.48. The zero-order valence-corrected chi connectivity index (χ0v) is 17.4. The first kappa shape index (κ1) is 18.2. The van der Waals surface area contributed by atoms with E-state index in [4.69, 9.17) is 0 Å². The Bertz CT molecular complexity index is 1010. The van der Waals surface area contributed by atoms with E-state index in [1.807, 2.05) is 52.5 Å². The number of aromatic nitrogens is 3. The number of aromatic amines is 1. The van der Waals surface area contributed by atoms with Gasteiger partial charge in [0, 0.05) is 49.0 Å². The van der Waals surface area contributed by atoms with Crippen molar-refractivity contribution >= 4 is 39.2 Å². The minimum atomic E-state index is 0.0758. The maximum atomic E-state index is 13.4. The molecule has 7 nitrogen and oxygen atoms in total. The smallest absolute Gasteiger partial charge is 0.324 e. The lowest BCUT2D eigenvalue weighted by molar-refractivity contribution is 0.215. The number of anilines is 3. The van der Waals surface area contributed by atoms with E-state index in [1.54, 1.807) is 6.20 Å². The largest absolute Gasteiger partial charge is 0.324 e. The number of hydrogen-bond donors (Lipinski definition) is 1. The average Bonchev–Trinajstić information content (AvgIpc) is 3.45. The minimum Gasteiger partial charge on any atom is -0.324 e. The number of likely N-dealkylation sites (tertiary alicyclic amines) is 1. The summed E-state index contributed by atoms with van der Waals surface area (Å²) >= 11 is 3.44. The normalized spacial score (nSPS) is 18.8. The molecule has 4 heterocycles. The molecule has 0 radical (unpaired) electrons. The Morgan fingerprint density at radius 1 is 1.07 bits per heavy atom. The van der Waals surface area contributed by atoms with Crippen LogP contribution in [-0.4, -0.2) is 52.3 Å². The van der Waals surface area contributed by atoms with E-state index in [-0.39, 0.29) is 6.03 Å². The van der Waals surface area contributed by atoms with Crippen LogP contribution in [0.3, 0.4) is 0 Å². The van der Waals surface area contributed by atoms with Crippen LogP contribution in [-0.2, 0) is 0 Å². The van der Waals surface area contributed by atoms with Gasteiger partial charge < -0.3 is 9.80 Å². The Labute approximate surface area is 177 Å². The summed E-state index contributed by atoms with van der Waals surface area (Å²) in [6.07, 6.45) is 6.56. The zero-order valence-electron chi connectivity index (χ0n) is 15.8. The van der Waals surface area contributed by atoms with Crippen molar-refractivity contribution < 1.29 is 4.79 Å². The predicted molar refractivity (Wildman–Crippen MR) is 116 cm³/mol. The second-order valence-electron chi connectivity index (χ2n) is 7.37. The molecule has 1 fully saturated rings. The van der Waals surface area contributed by atoms with Gasteiger partial charge in [-0.3, -0.25) is 10.00 Å². The molecule has 0 aliphatic carbocycles. The molecule has 29 heavy (non-hydrogen) atoms. The molecule has 148 valence electrons. The van der Waals surface area contributed by atoms with Gasteiger partial charge in [-0.2, -0.15) is 5.10 Å². The zero-order chi connectivity index (χ0) is 19.8. The van der Waals surface area contributed by atoms with E-state index in [0.717, 1.165) is 41.2 Å². The summed E-state index contributed by atoms with van der Waals surface area (Å²) in [6, 6.07) is 12.1. The number of hydrogen-bond acceptors (Lipinski definition) is 4. The average molecular weight is 453 g/mol. The Morgan fingerprint density at radius 2 is 1.93 bits per heavy atom. The molecular weight excluding hydrogens is 432 g/mol. The fraction of sp³-hybridized carbons (Fsp3) is 0.286. The van der Waals surface area contributed by atoms with Crippen LogP contribution >= 0.6 is 15.9 Å². The molecule has 0 bridgehead atoms. The lowest BCUT2D eigenvalue weighted by atomic mass is 10.0. The highest BCUT2D eigenvalue weighted by Crippen LogP contribution is 2.38. The second-order valence-corrected chi connectivity index (χ2v) is 8.29. The van der Waals surface area contributed by atoms with Gasteiger partial charge in [-0.1, -0.05) is 12.1 Å². The highest BCUT2D eigenvalue weighted by Gasteiger charge is 2.34. The number of fused-ring (bicyclic) bond motifs is 1. The summed E-state index contributed by atoms with van der Waals surface area (Å²) in [6.45, 7) is 2.83. The molecular formula is C21H21BrN6O. The number of benzene rings is 1. The molecule has 3 aromatic rings. The maximum absolute atomic E-state index is 13.4. The van der Waals surface area contributed by atoms with Crippen LogP contribution < -0.4 is 9.80 Å². The quantitative estimate of drug-likeness (QED) is 0.634. The van der Waals surface area contributed by atoms with Crippen LogP contribution in [0.15, 0.2) is 59.5 Å². The molecule has 8 heteroatoms. The highest BCUT2D eigenvalue weighted by atomic mass is 79.9. The van der Waals surface area contributed by atoms with E-state index in [2.05, 4.69) is 42.1 Å². The van der Waals surface area contributed by atoms with E-state index in [1.165, 1.54) is 5.56 Å². The van der Waals surface area contributed by atoms with E-state index in [9.17, 15) is 4.79 Å². The van der Waals surface area contributed by atoms with Crippen molar-refractivity contribution in [3.05, 3.63) is 65.0 Å². The number of rotatable bonds is 2. The third-order valence-corrected chi connectivity index (χ3v) is 6.15. The van der Waals surface area contributed by atoms with Crippen LogP contribution in [0.1, 0.15) is 17.9 Å². The molecule has 2 aliphatic heterocycles. The Balaban J connectivity index is 1.39. The van der Waals surface area contributed by atoms with Crippen molar-refractivity contribution in [2.24, 2.45) is 0 Å². The van der Waals surface area contributed by atoms with Crippen LogP contribution in [0, 0.1) is 0 Å². The van der Waals surface area contributed by atoms with Gasteiger partial charge in [0.1, 0.15) is 5.82 Å².